The first-order chi connectivity index (χ1) is 4.97. The molecule has 2 rings (SSSR count). The molecule has 0 aromatic carbocycles. The summed E-state index contributed by atoms with van der Waals surface area (Å²) in [6.45, 7) is 0. The first kappa shape index (κ1) is 5.10. The quantitative estimate of drug-likeness (QED) is 0.591. The largest absolute Gasteiger partial charge is 0.422 e. The second-order valence-electron chi connectivity index (χ2n) is 1.60. The van der Waals surface area contributed by atoms with Gasteiger partial charge in [0.15, 0.2) is 5.69 Å². The van der Waals surface area contributed by atoms with Gasteiger partial charge in [0.05, 0.1) is 6.20 Å². The van der Waals surface area contributed by atoms with Crippen molar-refractivity contribution in [3.63, 3.8) is 0 Å². The zero-order valence-corrected chi connectivity index (χ0v) is 4.85. The van der Waals surface area contributed by atoms with Gasteiger partial charge < -0.3 is 4.42 Å². The molecule has 0 saturated carbocycles. The van der Waals surface area contributed by atoms with E-state index in [1.807, 2.05) is 0 Å². The maximum atomic E-state index is 4.83. The predicted molar refractivity (Wildman–Crippen MR) is 29.7 cm³/mol. The van der Waals surface area contributed by atoms with E-state index >= 15 is 0 Å². The average molecular weight is 137 g/mol. The fourth-order valence-corrected chi connectivity index (χ4v) is 0.591. The Bertz CT molecular complexity index is 253. The molecule has 2 heterocycles. The molecule has 50 valence electrons. The lowest BCUT2D eigenvalue weighted by molar-refractivity contribution is 0.566. The molecule has 0 unspecified atom stereocenters. The van der Waals surface area contributed by atoms with Crippen LogP contribution in [0.5, 0.6) is 0 Å². The topological polar surface area (TPSA) is 80.5 Å². The van der Waals surface area contributed by atoms with Crippen molar-refractivity contribution in [3.8, 4) is 11.6 Å². The summed E-state index contributed by atoms with van der Waals surface area (Å²) >= 11 is 0. The van der Waals surface area contributed by atoms with E-state index in [4.69, 9.17) is 4.42 Å². The Morgan fingerprint density at radius 3 is 3.00 bits per heavy atom. The van der Waals surface area contributed by atoms with Crippen molar-refractivity contribution in [1.29, 1.82) is 0 Å². The molecule has 0 fully saturated rings. The average Bonchev–Trinajstić information content (AvgIpc) is 2.59. The number of hydrogen-bond acceptors (Lipinski definition) is 5. The van der Waals surface area contributed by atoms with Crippen LogP contribution in [0.25, 0.3) is 11.6 Å². The smallest absolute Gasteiger partial charge is 0.269 e. The molecule has 0 radical (unpaired) electrons. The first-order valence-electron chi connectivity index (χ1n) is 2.60. The Labute approximate surface area is 55.3 Å². The Hall–Kier alpha value is -1.72. The van der Waals surface area contributed by atoms with Gasteiger partial charge in [0.2, 0.25) is 6.39 Å². The molecular weight excluding hydrogens is 134 g/mol. The van der Waals surface area contributed by atoms with E-state index in [2.05, 4.69) is 25.6 Å². The van der Waals surface area contributed by atoms with Crippen molar-refractivity contribution in [1.82, 2.24) is 25.6 Å². The molecule has 10 heavy (non-hydrogen) atoms. The zero-order chi connectivity index (χ0) is 6.81. The molecule has 2 aromatic rings. The lowest BCUT2D eigenvalue weighted by atomic mass is 10.5. The number of hydrogen-bond donors (Lipinski definition) is 1. The molecule has 6 heteroatoms. The van der Waals surface area contributed by atoms with Crippen molar-refractivity contribution < 1.29 is 4.42 Å². The van der Waals surface area contributed by atoms with Crippen molar-refractivity contribution in [3.05, 3.63) is 12.6 Å². The number of nitrogens with zero attached hydrogens (tertiary/aromatic N) is 4. The molecule has 0 saturated heterocycles. The lowest BCUT2D eigenvalue weighted by Crippen LogP contribution is -1.76. The third-order valence-electron chi connectivity index (χ3n) is 0.996. The number of rotatable bonds is 1. The van der Waals surface area contributed by atoms with E-state index in [9.17, 15) is 0 Å². The summed E-state index contributed by atoms with van der Waals surface area (Å²) in [5.74, 6) is 0.369. The highest BCUT2D eigenvalue weighted by Crippen LogP contribution is 2.08. The van der Waals surface area contributed by atoms with Crippen molar-refractivity contribution >= 4 is 0 Å². The van der Waals surface area contributed by atoms with E-state index in [1.165, 1.54) is 6.39 Å². The molecular formula is C4H3N5O. The van der Waals surface area contributed by atoms with Crippen LogP contribution in [0.15, 0.2) is 17.0 Å². The van der Waals surface area contributed by atoms with Gasteiger partial charge in [-0.05, 0) is 0 Å². The van der Waals surface area contributed by atoms with Crippen LogP contribution in [0.3, 0.4) is 0 Å². The molecule has 0 amide bonds. The summed E-state index contributed by atoms with van der Waals surface area (Å²) in [6, 6.07) is 0. The highest BCUT2D eigenvalue weighted by molar-refractivity contribution is 5.41. The summed E-state index contributed by atoms with van der Waals surface area (Å²) in [6.07, 6.45) is 2.82. The monoisotopic (exact) mass is 137 g/mol. The van der Waals surface area contributed by atoms with E-state index in [1.54, 1.807) is 6.20 Å². The number of H-pyrrole nitrogens is 1. The van der Waals surface area contributed by atoms with Gasteiger partial charge in [0.25, 0.3) is 5.89 Å². The molecule has 1 N–H and O–H groups in total. The van der Waals surface area contributed by atoms with E-state index < -0.39 is 0 Å². The molecule has 0 aliphatic rings. The SMILES string of the molecule is c1nnc(-c2c[nH]nn2)o1. The maximum absolute atomic E-state index is 4.83. The zero-order valence-electron chi connectivity index (χ0n) is 4.85. The fraction of sp³-hybridized carbons (Fsp3) is 0. The summed E-state index contributed by atoms with van der Waals surface area (Å²) < 4.78 is 4.83. The summed E-state index contributed by atoms with van der Waals surface area (Å²) in [7, 11) is 0. The third kappa shape index (κ3) is 0.661. The van der Waals surface area contributed by atoms with Gasteiger partial charge in [0.1, 0.15) is 0 Å². The van der Waals surface area contributed by atoms with Crippen molar-refractivity contribution in [2.24, 2.45) is 0 Å². The first-order valence-corrected chi connectivity index (χ1v) is 2.60. The van der Waals surface area contributed by atoms with Crippen LogP contribution in [0.2, 0.25) is 0 Å². The van der Waals surface area contributed by atoms with Gasteiger partial charge in [-0.15, -0.1) is 15.3 Å². The minimum atomic E-state index is 0.369. The lowest BCUT2D eigenvalue weighted by Gasteiger charge is -1.77. The van der Waals surface area contributed by atoms with Crippen LogP contribution in [0, 0.1) is 0 Å². The van der Waals surface area contributed by atoms with Gasteiger partial charge in [-0.2, -0.15) is 0 Å². The van der Waals surface area contributed by atoms with E-state index in [-0.39, 0.29) is 0 Å². The van der Waals surface area contributed by atoms with Gasteiger partial charge in [-0.25, -0.2) is 0 Å². The second kappa shape index (κ2) is 1.90. The molecule has 0 aliphatic heterocycles. The third-order valence-corrected chi connectivity index (χ3v) is 0.996. The minimum Gasteiger partial charge on any atom is -0.422 e. The number of aromatic nitrogens is 5. The molecule has 0 bridgehead atoms. The summed E-state index contributed by atoms with van der Waals surface area (Å²) in [5.41, 5.74) is 0.553. The maximum Gasteiger partial charge on any atom is 0.269 e. The number of aromatic amines is 1. The number of nitrogens with one attached hydrogen (secondary N) is 1. The molecule has 0 spiro atoms. The summed E-state index contributed by atoms with van der Waals surface area (Å²) in [4.78, 5) is 0. The minimum absolute atomic E-state index is 0.369. The van der Waals surface area contributed by atoms with Gasteiger partial charge >= 0.3 is 0 Å². The normalized spacial score (nSPS) is 10.0. The Kier molecular flexibility index (Phi) is 0.970. The Morgan fingerprint density at radius 2 is 2.40 bits per heavy atom. The fourth-order valence-electron chi connectivity index (χ4n) is 0.591. The standard InChI is InChI=1S/C4H3N5O/c1-3(7-9-5-1)4-8-6-2-10-4/h1-2H,(H,5,7,9). The van der Waals surface area contributed by atoms with Crippen molar-refractivity contribution in [2.45, 2.75) is 0 Å². The Morgan fingerprint density at radius 1 is 1.40 bits per heavy atom. The van der Waals surface area contributed by atoms with Gasteiger partial charge in [-0.1, -0.05) is 5.21 Å². The predicted octanol–water partition coefficient (Wildman–Crippen LogP) is -0.145. The highest BCUT2D eigenvalue weighted by atomic mass is 16.4. The molecule has 2 aromatic heterocycles. The molecule has 6 nitrogen and oxygen atoms in total. The molecule has 0 atom stereocenters. The van der Waals surface area contributed by atoms with Crippen molar-refractivity contribution in [2.75, 3.05) is 0 Å². The summed E-state index contributed by atoms with van der Waals surface area (Å²) in [5, 5.41) is 16.8. The van der Waals surface area contributed by atoms with E-state index in [0.717, 1.165) is 0 Å². The molecule has 0 aliphatic carbocycles. The van der Waals surface area contributed by atoms with Gasteiger partial charge in [0, 0.05) is 0 Å². The van der Waals surface area contributed by atoms with Crippen LogP contribution in [0.1, 0.15) is 0 Å². The second-order valence-corrected chi connectivity index (χ2v) is 1.60. The van der Waals surface area contributed by atoms with Crippen LogP contribution in [-0.2, 0) is 0 Å². The van der Waals surface area contributed by atoms with Gasteiger partial charge in [-0.3, -0.25) is 5.10 Å². The van der Waals surface area contributed by atoms with Crippen LogP contribution in [0.4, 0.5) is 0 Å². The van der Waals surface area contributed by atoms with Crippen LogP contribution < -0.4 is 0 Å². The highest BCUT2D eigenvalue weighted by Gasteiger charge is 2.04. The van der Waals surface area contributed by atoms with Crippen LogP contribution >= 0.6 is 0 Å². The van der Waals surface area contributed by atoms with Crippen LogP contribution in [-0.4, -0.2) is 25.6 Å². The Balaban J connectivity index is 2.48. The van der Waals surface area contributed by atoms with E-state index in [0.29, 0.717) is 11.6 Å².